The number of aryl methyl sites for hydroxylation is 1. The van der Waals surface area contributed by atoms with E-state index in [1.54, 1.807) is 55.7 Å². The van der Waals surface area contributed by atoms with Gasteiger partial charge in [0.2, 0.25) is 5.78 Å². The summed E-state index contributed by atoms with van der Waals surface area (Å²) in [6, 6.07) is 12.4. The topological polar surface area (TPSA) is 57.3 Å². The Morgan fingerprint density at radius 3 is 2.75 bits per heavy atom. The Kier molecular flexibility index (Phi) is 4.82. The zero-order valence-electron chi connectivity index (χ0n) is 13.0. The number of rotatable bonds is 6. The predicted molar refractivity (Wildman–Crippen MR) is 91.1 cm³/mol. The number of halogens is 1. The van der Waals surface area contributed by atoms with E-state index >= 15 is 0 Å². The molecule has 0 spiro atoms. The van der Waals surface area contributed by atoms with E-state index in [2.05, 4.69) is 5.10 Å². The molecule has 122 valence electrons. The molecule has 2 heterocycles. The van der Waals surface area contributed by atoms with Gasteiger partial charge in [0.25, 0.3) is 0 Å². The highest BCUT2D eigenvalue weighted by Gasteiger charge is 2.07. The van der Waals surface area contributed by atoms with Crippen molar-refractivity contribution in [3.8, 4) is 5.75 Å². The molecule has 0 aliphatic heterocycles. The molecule has 0 aliphatic carbocycles. The molecule has 6 heteroatoms. The molecule has 0 saturated carbocycles. The summed E-state index contributed by atoms with van der Waals surface area (Å²) in [6.45, 7) is 0.297. The number of carbonyl (C=O) groups is 1. The Hall–Kier alpha value is -2.79. The average Bonchev–Trinajstić information content (AvgIpc) is 3.21. The van der Waals surface area contributed by atoms with Crippen molar-refractivity contribution >= 4 is 23.5 Å². The van der Waals surface area contributed by atoms with Crippen LogP contribution in [-0.4, -0.2) is 15.6 Å². The molecular weight excluding hydrogens is 328 g/mol. The van der Waals surface area contributed by atoms with E-state index in [9.17, 15) is 4.79 Å². The third-order valence-electron chi connectivity index (χ3n) is 3.35. The molecule has 0 N–H and O–H groups in total. The predicted octanol–water partition coefficient (Wildman–Crippen LogP) is 4.14. The molecule has 0 bridgehead atoms. The molecule has 5 nitrogen and oxygen atoms in total. The van der Waals surface area contributed by atoms with Gasteiger partial charge in [0.1, 0.15) is 29.6 Å². The Bertz CT molecular complexity index is 863. The van der Waals surface area contributed by atoms with Crippen molar-refractivity contribution in [3.63, 3.8) is 0 Å². The normalized spacial score (nSPS) is 11.1. The number of allylic oxidation sites excluding steroid dienone is 1. The first-order chi connectivity index (χ1) is 11.6. The van der Waals surface area contributed by atoms with Crippen LogP contribution in [0.15, 0.2) is 59.2 Å². The summed E-state index contributed by atoms with van der Waals surface area (Å²) in [5, 5.41) is 4.63. The lowest BCUT2D eigenvalue weighted by Crippen LogP contribution is -2.03. The molecule has 2 aromatic heterocycles. The monoisotopic (exact) mass is 342 g/mol. The Morgan fingerprint density at radius 2 is 2.04 bits per heavy atom. The summed E-state index contributed by atoms with van der Waals surface area (Å²) in [7, 11) is 1.72. The van der Waals surface area contributed by atoms with Gasteiger partial charge < -0.3 is 9.15 Å². The molecule has 1 aromatic carbocycles. The summed E-state index contributed by atoms with van der Waals surface area (Å²) in [5.41, 5.74) is 0.518. The number of hydrogen-bond acceptors (Lipinski definition) is 4. The van der Waals surface area contributed by atoms with Gasteiger partial charge in [-0.2, -0.15) is 5.10 Å². The highest BCUT2D eigenvalue weighted by molar-refractivity contribution is 6.30. The van der Waals surface area contributed by atoms with Crippen molar-refractivity contribution in [2.75, 3.05) is 0 Å². The van der Waals surface area contributed by atoms with Gasteiger partial charge in [-0.05, 0) is 54.6 Å². The van der Waals surface area contributed by atoms with Gasteiger partial charge in [0.15, 0.2) is 0 Å². The summed E-state index contributed by atoms with van der Waals surface area (Å²) in [4.78, 5) is 12.0. The number of aromatic nitrogens is 2. The van der Waals surface area contributed by atoms with Crippen LogP contribution in [0.4, 0.5) is 0 Å². The molecule has 3 aromatic rings. The zero-order valence-corrected chi connectivity index (χ0v) is 13.7. The fourth-order valence-corrected chi connectivity index (χ4v) is 2.23. The van der Waals surface area contributed by atoms with Crippen molar-refractivity contribution < 1.29 is 13.9 Å². The van der Waals surface area contributed by atoms with Gasteiger partial charge in [-0.25, -0.2) is 0 Å². The molecule has 0 radical (unpaired) electrons. The molecule has 24 heavy (non-hydrogen) atoms. The van der Waals surface area contributed by atoms with Crippen LogP contribution in [0.3, 0.4) is 0 Å². The average molecular weight is 343 g/mol. The molecule has 0 atom stereocenters. The number of benzene rings is 1. The van der Waals surface area contributed by atoms with E-state index in [1.807, 2.05) is 6.07 Å². The maximum absolute atomic E-state index is 12.0. The SMILES string of the molecule is Cn1nccc1C(=O)C=Cc1ccc(COc2ccc(Cl)cc2)o1. The fraction of sp³-hybridized carbons (Fsp3) is 0.111. The molecule has 3 rings (SSSR count). The lowest BCUT2D eigenvalue weighted by molar-refractivity contribution is 0.103. The van der Waals surface area contributed by atoms with E-state index in [1.165, 1.54) is 10.8 Å². The van der Waals surface area contributed by atoms with E-state index in [4.69, 9.17) is 20.8 Å². The molecule has 0 unspecified atom stereocenters. The smallest absolute Gasteiger partial charge is 0.203 e. The first-order valence-electron chi connectivity index (χ1n) is 7.29. The highest BCUT2D eigenvalue weighted by Crippen LogP contribution is 2.18. The zero-order chi connectivity index (χ0) is 16.9. The first-order valence-corrected chi connectivity index (χ1v) is 7.67. The van der Waals surface area contributed by atoms with E-state index in [-0.39, 0.29) is 5.78 Å². The van der Waals surface area contributed by atoms with E-state index < -0.39 is 0 Å². The third-order valence-corrected chi connectivity index (χ3v) is 3.60. The lowest BCUT2D eigenvalue weighted by atomic mass is 10.2. The van der Waals surface area contributed by atoms with Crippen LogP contribution in [0.2, 0.25) is 5.02 Å². The number of furan rings is 1. The second-order valence-corrected chi connectivity index (χ2v) is 5.52. The summed E-state index contributed by atoms with van der Waals surface area (Å²) >= 11 is 5.82. The van der Waals surface area contributed by atoms with Crippen molar-refractivity contribution in [3.05, 3.63) is 77.0 Å². The van der Waals surface area contributed by atoms with Crippen molar-refractivity contribution in [1.82, 2.24) is 9.78 Å². The van der Waals surface area contributed by atoms with Crippen molar-refractivity contribution in [1.29, 1.82) is 0 Å². The van der Waals surface area contributed by atoms with Gasteiger partial charge in [0.05, 0.1) is 0 Å². The highest BCUT2D eigenvalue weighted by atomic mass is 35.5. The van der Waals surface area contributed by atoms with E-state index in [0.29, 0.717) is 34.6 Å². The minimum Gasteiger partial charge on any atom is -0.486 e. The number of hydrogen-bond donors (Lipinski definition) is 0. The van der Waals surface area contributed by atoms with Crippen molar-refractivity contribution in [2.24, 2.45) is 7.05 Å². The van der Waals surface area contributed by atoms with Crippen LogP contribution in [0.25, 0.3) is 6.08 Å². The fourth-order valence-electron chi connectivity index (χ4n) is 2.11. The second-order valence-electron chi connectivity index (χ2n) is 5.08. The van der Waals surface area contributed by atoms with Crippen LogP contribution >= 0.6 is 11.6 Å². The van der Waals surface area contributed by atoms with Crippen LogP contribution in [0.5, 0.6) is 5.75 Å². The summed E-state index contributed by atoms with van der Waals surface area (Å²) in [5.74, 6) is 1.82. The Labute approximate surface area is 144 Å². The van der Waals surface area contributed by atoms with Crippen LogP contribution < -0.4 is 4.74 Å². The lowest BCUT2D eigenvalue weighted by Gasteiger charge is -2.03. The van der Waals surface area contributed by atoms with Gasteiger partial charge in [0, 0.05) is 18.3 Å². The Balaban J connectivity index is 1.59. The molecule has 0 saturated heterocycles. The van der Waals surface area contributed by atoms with Crippen molar-refractivity contribution in [2.45, 2.75) is 6.61 Å². The Morgan fingerprint density at radius 1 is 1.25 bits per heavy atom. The molecular formula is C18H15ClN2O3. The largest absolute Gasteiger partial charge is 0.486 e. The van der Waals surface area contributed by atoms with Crippen LogP contribution in [-0.2, 0) is 13.7 Å². The third kappa shape index (κ3) is 3.94. The molecule has 0 fully saturated rings. The molecule has 0 aliphatic rings. The maximum atomic E-state index is 12.0. The maximum Gasteiger partial charge on any atom is 0.203 e. The quantitative estimate of drug-likeness (QED) is 0.499. The van der Waals surface area contributed by atoms with Gasteiger partial charge in [-0.15, -0.1) is 0 Å². The number of ketones is 1. The van der Waals surface area contributed by atoms with Crippen LogP contribution in [0.1, 0.15) is 22.0 Å². The van der Waals surface area contributed by atoms with Gasteiger partial charge >= 0.3 is 0 Å². The minimum absolute atomic E-state index is 0.134. The number of nitrogens with zero attached hydrogens (tertiary/aromatic N) is 2. The second kappa shape index (κ2) is 7.19. The summed E-state index contributed by atoms with van der Waals surface area (Å²) in [6.07, 6.45) is 4.67. The van der Waals surface area contributed by atoms with Gasteiger partial charge in [-0.1, -0.05) is 11.6 Å². The molecule has 0 amide bonds. The summed E-state index contributed by atoms with van der Waals surface area (Å²) < 4.78 is 12.7. The van der Waals surface area contributed by atoms with Crippen LogP contribution in [0, 0.1) is 0 Å². The van der Waals surface area contributed by atoms with Gasteiger partial charge in [-0.3, -0.25) is 9.48 Å². The number of carbonyl (C=O) groups excluding carboxylic acids is 1. The standard InChI is InChI=1S/C18H15ClN2O3/c1-21-17(10-11-20-21)18(22)9-8-15-6-7-16(24-15)12-23-14-4-2-13(19)3-5-14/h2-11H,12H2,1H3. The first kappa shape index (κ1) is 16.1. The van der Waals surface area contributed by atoms with E-state index in [0.717, 1.165) is 0 Å². The minimum atomic E-state index is -0.134. The number of ether oxygens (including phenoxy) is 1.